The number of aliphatic imine (C=N–C) groups is 1. The number of halogens is 1. The number of hydrogen-bond donors (Lipinski definition) is 2. The van der Waals surface area contributed by atoms with Gasteiger partial charge >= 0.3 is 6.09 Å². The Morgan fingerprint density at radius 3 is 2.41 bits per heavy atom. The molecule has 0 atom stereocenters. The summed E-state index contributed by atoms with van der Waals surface area (Å²) in [6.07, 6.45) is 3.65. The first-order valence-corrected chi connectivity index (χ1v) is 11.4. The van der Waals surface area contributed by atoms with Crippen molar-refractivity contribution in [2.45, 2.75) is 71.6 Å². The molecular formula is C24H41IN4O3. The van der Waals surface area contributed by atoms with E-state index < -0.39 is 5.60 Å². The van der Waals surface area contributed by atoms with Crippen molar-refractivity contribution in [3.8, 4) is 0 Å². The van der Waals surface area contributed by atoms with Crippen LogP contribution in [0, 0.1) is 0 Å². The minimum atomic E-state index is -0.469. The van der Waals surface area contributed by atoms with Crippen LogP contribution in [0.1, 0.15) is 58.1 Å². The Morgan fingerprint density at radius 1 is 1.16 bits per heavy atom. The highest BCUT2D eigenvalue weighted by Crippen LogP contribution is 2.15. The number of carbonyl (C=O) groups is 1. The molecule has 0 saturated carbocycles. The zero-order valence-electron chi connectivity index (χ0n) is 20.3. The summed E-state index contributed by atoms with van der Waals surface area (Å²) in [5.74, 6) is 0.950. The van der Waals surface area contributed by atoms with Gasteiger partial charge in [0.1, 0.15) is 5.60 Å². The summed E-state index contributed by atoms with van der Waals surface area (Å²) in [6, 6.07) is 8.54. The second-order valence-corrected chi connectivity index (χ2v) is 8.86. The smallest absolute Gasteiger partial charge is 0.407 e. The molecule has 1 saturated heterocycles. The summed E-state index contributed by atoms with van der Waals surface area (Å²) >= 11 is 0. The number of guanidine groups is 1. The van der Waals surface area contributed by atoms with Gasteiger partial charge < -0.3 is 25.0 Å². The van der Waals surface area contributed by atoms with E-state index in [1.165, 1.54) is 11.1 Å². The first-order chi connectivity index (χ1) is 14.8. The van der Waals surface area contributed by atoms with Crippen LogP contribution in [0.25, 0.3) is 0 Å². The van der Waals surface area contributed by atoms with Crippen LogP contribution in [0.5, 0.6) is 0 Å². The van der Waals surface area contributed by atoms with Gasteiger partial charge in [0.25, 0.3) is 0 Å². The van der Waals surface area contributed by atoms with E-state index in [1.54, 1.807) is 0 Å². The SMILES string of the molecule is CCc1ccccc1CNC(=NC)N1CCC(OCCCNC(=O)OC(C)(C)C)CC1.I. The third-order valence-electron chi connectivity index (χ3n) is 5.23. The molecule has 2 rings (SSSR count). The zero-order chi connectivity index (χ0) is 22.7. The van der Waals surface area contributed by atoms with Gasteiger partial charge in [0, 0.05) is 39.8 Å². The minimum absolute atomic E-state index is 0. The predicted octanol–water partition coefficient (Wildman–Crippen LogP) is 4.34. The Labute approximate surface area is 210 Å². The fourth-order valence-electron chi connectivity index (χ4n) is 3.64. The normalized spacial score (nSPS) is 15.2. The Kier molecular flexibility index (Phi) is 13.0. The lowest BCUT2D eigenvalue weighted by atomic mass is 10.1. The van der Waals surface area contributed by atoms with Crippen LogP contribution in [0.3, 0.4) is 0 Å². The van der Waals surface area contributed by atoms with Crippen LogP contribution in [0.15, 0.2) is 29.3 Å². The molecule has 8 heteroatoms. The second kappa shape index (κ2) is 14.6. The molecule has 1 aromatic rings. The molecule has 182 valence electrons. The average molecular weight is 561 g/mol. The molecule has 0 spiro atoms. The fourth-order valence-corrected chi connectivity index (χ4v) is 3.64. The molecule has 0 unspecified atom stereocenters. The Balaban J connectivity index is 0.00000512. The highest BCUT2D eigenvalue weighted by molar-refractivity contribution is 14.0. The van der Waals surface area contributed by atoms with Gasteiger partial charge in [-0.1, -0.05) is 31.2 Å². The van der Waals surface area contributed by atoms with Gasteiger partial charge in [-0.3, -0.25) is 4.99 Å². The summed E-state index contributed by atoms with van der Waals surface area (Å²) in [5.41, 5.74) is 2.23. The van der Waals surface area contributed by atoms with E-state index in [0.29, 0.717) is 13.2 Å². The third kappa shape index (κ3) is 10.4. The van der Waals surface area contributed by atoms with Crippen LogP contribution >= 0.6 is 24.0 Å². The first kappa shape index (κ1) is 28.5. The highest BCUT2D eigenvalue weighted by Gasteiger charge is 2.22. The number of benzene rings is 1. The van der Waals surface area contributed by atoms with Gasteiger partial charge in [-0.15, -0.1) is 24.0 Å². The molecule has 32 heavy (non-hydrogen) atoms. The van der Waals surface area contributed by atoms with Crippen molar-refractivity contribution in [2.75, 3.05) is 33.3 Å². The maximum absolute atomic E-state index is 11.6. The van der Waals surface area contributed by atoms with Crippen molar-refractivity contribution in [2.24, 2.45) is 4.99 Å². The molecule has 0 radical (unpaired) electrons. The van der Waals surface area contributed by atoms with Crippen molar-refractivity contribution in [3.63, 3.8) is 0 Å². The van der Waals surface area contributed by atoms with E-state index in [9.17, 15) is 4.79 Å². The van der Waals surface area contributed by atoms with Gasteiger partial charge in [0.2, 0.25) is 0 Å². The van der Waals surface area contributed by atoms with Crippen molar-refractivity contribution in [1.29, 1.82) is 0 Å². The molecule has 1 amide bonds. The summed E-state index contributed by atoms with van der Waals surface area (Å²) in [4.78, 5) is 18.4. The largest absolute Gasteiger partial charge is 0.444 e. The van der Waals surface area contributed by atoms with Gasteiger partial charge in [-0.2, -0.15) is 0 Å². The minimum Gasteiger partial charge on any atom is -0.444 e. The Morgan fingerprint density at radius 2 is 1.81 bits per heavy atom. The summed E-state index contributed by atoms with van der Waals surface area (Å²) in [5, 5.41) is 6.28. The number of ether oxygens (including phenoxy) is 2. The van der Waals surface area contributed by atoms with Crippen molar-refractivity contribution < 1.29 is 14.3 Å². The Hall–Kier alpha value is -1.55. The Bertz CT molecular complexity index is 713. The summed E-state index contributed by atoms with van der Waals surface area (Å²) in [7, 11) is 1.84. The van der Waals surface area contributed by atoms with E-state index >= 15 is 0 Å². The lowest BCUT2D eigenvalue weighted by Gasteiger charge is -2.34. The van der Waals surface area contributed by atoms with Crippen LogP contribution < -0.4 is 10.6 Å². The molecule has 2 N–H and O–H groups in total. The molecule has 1 aliphatic rings. The molecule has 0 aliphatic carbocycles. The standard InChI is InChI=1S/C24H40N4O3.HI/c1-6-19-10-7-8-11-20(19)18-27-22(25-5)28-15-12-21(13-16-28)30-17-9-14-26-23(29)31-24(2,3)4;/h7-8,10-11,21H,6,9,12-18H2,1-5H3,(H,25,27)(H,26,29);1H. The van der Waals surface area contributed by atoms with E-state index in [0.717, 1.165) is 51.3 Å². The highest BCUT2D eigenvalue weighted by atomic mass is 127. The van der Waals surface area contributed by atoms with E-state index in [4.69, 9.17) is 9.47 Å². The third-order valence-corrected chi connectivity index (χ3v) is 5.23. The molecule has 1 heterocycles. The topological polar surface area (TPSA) is 75.2 Å². The van der Waals surface area contributed by atoms with Gasteiger partial charge in [0.05, 0.1) is 6.10 Å². The van der Waals surface area contributed by atoms with Crippen molar-refractivity contribution >= 4 is 36.0 Å². The number of carbonyl (C=O) groups excluding carboxylic acids is 1. The maximum Gasteiger partial charge on any atom is 0.407 e. The number of rotatable bonds is 8. The number of hydrogen-bond acceptors (Lipinski definition) is 4. The van der Waals surface area contributed by atoms with E-state index in [2.05, 4.69) is 51.7 Å². The lowest BCUT2D eigenvalue weighted by molar-refractivity contribution is 0.0170. The average Bonchev–Trinajstić information content (AvgIpc) is 2.74. The molecule has 1 fully saturated rings. The number of likely N-dealkylation sites (tertiary alicyclic amines) is 1. The number of piperidine rings is 1. The number of nitrogens with one attached hydrogen (secondary N) is 2. The number of amides is 1. The second-order valence-electron chi connectivity index (χ2n) is 8.86. The molecule has 7 nitrogen and oxygen atoms in total. The van der Waals surface area contributed by atoms with Gasteiger partial charge in [0.15, 0.2) is 5.96 Å². The molecule has 0 aromatic heterocycles. The quantitative estimate of drug-likeness (QED) is 0.214. The monoisotopic (exact) mass is 560 g/mol. The van der Waals surface area contributed by atoms with Gasteiger partial charge in [-0.05, 0) is 57.6 Å². The van der Waals surface area contributed by atoms with Crippen molar-refractivity contribution in [3.05, 3.63) is 35.4 Å². The number of alkyl carbamates (subject to hydrolysis) is 1. The van der Waals surface area contributed by atoms with Crippen LogP contribution in [-0.2, 0) is 22.4 Å². The summed E-state index contributed by atoms with van der Waals surface area (Å²) in [6.45, 7) is 11.6. The van der Waals surface area contributed by atoms with Crippen molar-refractivity contribution in [1.82, 2.24) is 15.5 Å². The van der Waals surface area contributed by atoms with Crippen LogP contribution in [0.4, 0.5) is 4.79 Å². The number of nitrogens with zero attached hydrogens (tertiary/aromatic N) is 2. The first-order valence-electron chi connectivity index (χ1n) is 11.4. The van der Waals surface area contributed by atoms with Gasteiger partial charge in [-0.25, -0.2) is 4.79 Å². The molecule has 0 bridgehead atoms. The predicted molar refractivity (Wildman–Crippen MR) is 141 cm³/mol. The van der Waals surface area contributed by atoms with E-state index in [1.807, 2.05) is 27.8 Å². The summed E-state index contributed by atoms with van der Waals surface area (Å²) < 4.78 is 11.2. The number of aryl methyl sites for hydroxylation is 1. The van der Waals surface area contributed by atoms with E-state index in [-0.39, 0.29) is 36.2 Å². The lowest BCUT2D eigenvalue weighted by Crippen LogP contribution is -2.46. The fraction of sp³-hybridized carbons (Fsp3) is 0.667. The zero-order valence-corrected chi connectivity index (χ0v) is 22.6. The molecule has 1 aromatic carbocycles. The van der Waals surface area contributed by atoms with Crippen LogP contribution in [0.2, 0.25) is 0 Å². The van der Waals surface area contributed by atoms with Crippen LogP contribution in [-0.4, -0.2) is 61.9 Å². The maximum atomic E-state index is 11.6. The molecule has 1 aliphatic heterocycles. The molecular weight excluding hydrogens is 519 g/mol.